The van der Waals surface area contributed by atoms with E-state index in [1.165, 1.54) is 4.57 Å². The van der Waals surface area contributed by atoms with Crippen LogP contribution in [0.15, 0.2) is 103 Å². The zero-order valence-corrected chi connectivity index (χ0v) is 32.9. The Morgan fingerprint density at radius 2 is 1.65 bits per heavy atom. The van der Waals surface area contributed by atoms with Gasteiger partial charge in [0.05, 0.1) is 6.61 Å². The maximum atomic E-state index is 8.66. The summed E-state index contributed by atoms with van der Waals surface area (Å²) in [5, 5.41) is 1.84. The van der Waals surface area contributed by atoms with Crippen LogP contribution in [0.5, 0.6) is 17.2 Å². The fourth-order valence-electron chi connectivity index (χ4n) is 7.48. The van der Waals surface area contributed by atoms with Crippen LogP contribution in [0.4, 0.5) is 0 Å². The maximum absolute atomic E-state index is 8.66. The van der Waals surface area contributed by atoms with Gasteiger partial charge in [-0.25, -0.2) is 0 Å². The van der Waals surface area contributed by atoms with Gasteiger partial charge in [-0.3, -0.25) is 0 Å². The van der Waals surface area contributed by atoms with Crippen LogP contribution >= 0.6 is 0 Å². The fraction of sp³-hybridized carbons (Fsp3) is 0.234. The van der Waals surface area contributed by atoms with Gasteiger partial charge in [-0.05, 0) is 46.4 Å². The molecule has 3 aromatic heterocycles. The Bertz CT molecular complexity index is 3060. The van der Waals surface area contributed by atoms with Crippen molar-refractivity contribution in [2.45, 2.75) is 58.7 Å². The molecule has 0 radical (unpaired) electrons. The molecule has 0 saturated carbocycles. The van der Waals surface area contributed by atoms with Crippen molar-refractivity contribution in [3.8, 4) is 39.9 Å². The van der Waals surface area contributed by atoms with Crippen LogP contribution in [0.3, 0.4) is 0 Å². The summed E-state index contributed by atoms with van der Waals surface area (Å²) in [5.41, 5.74) is 6.93. The number of nitrogens with zero attached hydrogens (tertiary/aromatic N) is 4. The number of pyridine rings is 1. The number of imidazole rings is 1. The van der Waals surface area contributed by atoms with Gasteiger partial charge in [-0.2, -0.15) is 0 Å². The Morgan fingerprint density at radius 1 is 0.852 bits per heavy atom. The fourth-order valence-corrected chi connectivity index (χ4v) is 8.30. The Hall–Kier alpha value is -5.19. The third-order valence-corrected chi connectivity index (χ3v) is 11.6. The van der Waals surface area contributed by atoms with Crippen molar-refractivity contribution >= 4 is 32.8 Å². The van der Waals surface area contributed by atoms with Crippen LogP contribution in [-0.2, 0) is 37.2 Å². The van der Waals surface area contributed by atoms with E-state index in [4.69, 9.17) is 22.7 Å². The summed E-state index contributed by atoms with van der Waals surface area (Å²) in [7, 11) is 0. The second-order valence-corrected chi connectivity index (χ2v) is 16.6. The summed E-state index contributed by atoms with van der Waals surface area (Å²) in [4.78, 5) is 4.95. The first kappa shape index (κ1) is 28.3. The predicted octanol–water partition coefficient (Wildman–Crippen LogP) is 11.3. The quantitative estimate of drug-likeness (QED) is 0.162. The van der Waals surface area contributed by atoms with E-state index in [1.807, 2.05) is 101 Å². The number of hydrogen-bond acceptors (Lipinski definition) is 3. The van der Waals surface area contributed by atoms with Crippen LogP contribution in [0, 0.1) is 22.8 Å². The molecule has 0 aliphatic carbocycles. The molecule has 0 spiro atoms. The van der Waals surface area contributed by atoms with Crippen molar-refractivity contribution in [2.24, 2.45) is 6.98 Å². The molecule has 8 aromatic rings. The predicted molar refractivity (Wildman–Crippen MR) is 214 cm³/mol. The molecule has 6 nitrogen and oxygen atoms in total. The molecule has 0 atom stereocenters. The molecule has 0 unspecified atom stereocenters. The molecule has 7 heteroatoms. The molecule has 1 aliphatic rings. The van der Waals surface area contributed by atoms with Gasteiger partial charge in [0.25, 0.3) is 0 Å². The minimum Gasteiger partial charge on any atom is -0.493 e. The number of ether oxygens (including phenoxy) is 2. The van der Waals surface area contributed by atoms with Gasteiger partial charge in [-0.1, -0.05) is 58.9 Å². The van der Waals surface area contributed by atoms with E-state index in [0.29, 0.717) is 50.0 Å². The van der Waals surface area contributed by atoms with Gasteiger partial charge in [0.15, 0.2) is 0 Å². The van der Waals surface area contributed by atoms with E-state index in [1.54, 1.807) is 24.4 Å². The van der Waals surface area contributed by atoms with E-state index >= 15 is 0 Å². The zero-order chi connectivity index (χ0) is 42.5. The summed E-state index contributed by atoms with van der Waals surface area (Å²) in [6.07, 6.45) is 2.53. The average Bonchev–Trinajstić information content (AvgIpc) is 3.67. The van der Waals surface area contributed by atoms with Gasteiger partial charge in [0.1, 0.15) is 5.75 Å². The van der Waals surface area contributed by atoms with Crippen LogP contribution in [0.25, 0.3) is 55.5 Å². The Labute approximate surface area is 335 Å². The summed E-state index contributed by atoms with van der Waals surface area (Å²) in [5.74, 6) is 2.00. The minimum absolute atomic E-state index is 0.0527. The Morgan fingerprint density at radius 3 is 2.43 bits per heavy atom. The van der Waals surface area contributed by atoms with Crippen molar-refractivity contribution in [2.75, 3.05) is 6.61 Å². The van der Waals surface area contributed by atoms with Crippen LogP contribution < -0.4 is 9.47 Å². The topological polar surface area (TPSA) is 46.1 Å². The summed E-state index contributed by atoms with van der Waals surface area (Å²) < 4.78 is 69.0. The first-order chi connectivity index (χ1) is 28.3. The van der Waals surface area contributed by atoms with E-state index in [0.717, 1.165) is 50.7 Å². The molecular formula is C47H42N4O2Pt-2. The molecule has 0 amide bonds. The first-order valence-electron chi connectivity index (χ1n) is 21.0. The van der Waals surface area contributed by atoms with Crippen LogP contribution in [0.1, 0.15) is 66.0 Å². The molecule has 0 saturated heterocycles. The molecule has 0 bridgehead atoms. The van der Waals surface area contributed by atoms with Crippen molar-refractivity contribution in [1.29, 1.82) is 0 Å². The third kappa shape index (κ3) is 5.74. The van der Waals surface area contributed by atoms with E-state index in [9.17, 15) is 0 Å². The van der Waals surface area contributed by atoms with Crippen molar-refractivity contribution < 1.29 is 37.1 Å². The third-order valence-electron chi connectivity index (χ3n) is 10.6. The second-order valence-electron chi connectivity index (χ2n) is 15.6. The van der Waals surface area contributed by atoms with Gasteiger partial charge in [-0.15, -0.1) is 0 Å². The number of hydrogen-bond donors (Lipinski definition) is 0. The Kier molecular flexibility index (Phi) is 6.65. The van der Waals surface area contributed by atoms with Crippen molar-refractivity contribution in [1.82, 2.24) is 18.7 Å². The monoisotopic (exact) mass is 895 g/mol. The number of aryl methyl sites for hydroxylation is 2. The normalized spacial score (nSPS) is 16.2. The second kappa shape index (κ2) is 12.7. The van der Waals surface area contributed by atoms with E-state index in [-0.39, 0.29) is 16.4 Å². The summed E-state index contributed by atoms with van der Waals surface area (Å²) in [6, 6.07) is 37.5. The van der Waals surface area contributed by atoms with Crippen molar-refractivity contribution in [3.63, 3.8) is 0 Å². The molecular weight excluding hydrogens is 848 g/mol. The van der Waals surface area contributed by atoms with E-state index < -0.39 is 13.8 Å². The number of rotatable bonds is 5. The minimum atomic E-state index is -2.44. The van der Waals surface area contributed by atoms with Crippen molar-refractivity contribution in [3.05, 3.63) is 136 Å². The zero-order valence-electron chi connectivity index (χ0n) is 36.7. The number of para-hydroxylation sites is 2. The molecule has 9 rings (SSSR count). The molecule has 5 aromatic carbocycles. The van der Waals surface area contributed by atoms with Crippen LogP contribution in [-0.4, -0.2) is 25.3 Å². The molecule has 0 N–H and O–H groups in total. The smallest absolute Gasteiger partial charge is 0.493 e. The first-order valence-corrected chi connectivity index (χ1v) is 19.1. The van der Waals surface area contributed by atoms with Gasteiger partial charge >= 0.3 is 198 Å². The summed E-state index contributed by atoms with van der Waals surface area (Å²) in [6.45, 7) is 6.64. The van der Waals surface area contributed by atoms with Gasteiger partial charge in [0, 0.05) is 15.9 Å². The van der Waals surface area contributed by atoms with E-state index in [2.05, 4.69) is 52.8 Å². The number of aromatic nitrogens is 4. The van der Waals surface area contributed by atoms with Gasteiger partial charge in [0.2, 0.25) is 0 Å². The molecule has 54 heavy (non-hydrogen) atoms. The van der Waals surface area contributed by atoms with Gasteiger partial charge < -0.3 is 4.74 Å². The SMILES string of the molecule is [2H]C([2H])([2H])c1cc(-n2c3[c-]c(Oc4[c-]c(-n5[c](=[Pt])n(C([2H])([2H])[2H])c6ccccc65)ccc4)ccc3c3cc4c(cc32)OCCC4(C)C)ncc1-c1ccc(C(C)(C)C)cc1. The molecule has 1 aliphatic heterocycles. The molecule has 0 fully saturated rings. The number of benzene rings is 5. The summed E-state index contributed by atoms with van der Waals surface area (Å²) >= 11 is 2.04. The number of fused-ring (bicyclic) bond motifs is 5. The Balaban J connectivity index is 1.20. The average molecular weight is 896 g/mol. The standard InChI is InChI=1S/C47H42N4O2.Pt/c1-30-23-45(48-28-38(30)31-15-17-32(18-16-31)46(2,3)4)51-42-25-35(19-20-36(42)37-26-39-44(27-43(37)51)52-22-21-47(39,5)6)53-34-12-10-11-33(24-34)50-29-49(7)40-13-8-9-14-41(40)50;/h8-20,23,26-28H,21-22H2,1-7H3;/q-2;/i1D3,7D3;. The van der Waals surface area contributed by atoms with Crippen LogP contribution in [0.2, 0.25) is 0 Å². The molecule has 4 heterocycles. The molecule has 274 valence electrons.